The van der Waals surface area contributed by atoms with Crippen molar-refractivity contribution in [3.05, 3.63) is 47.1 Å². The number of aromatic nitrogens is 2. The normalized spacial score (nSPS) is 11.2. The van der Waals surface area contributed by atoms with Crippen molar-refractivity contribution >= 4 is 22.2 Å². The van der Waals surface area contributed by atoms with E-state index in [0.717, 1.165) is 39.8 Å². The van der Waals surface area contributed by atoms with E-state index >= 15 is 0 Å². The maximum atomic E-state index is 12.5. The number of unbranched alkanes of at least 4 members (excludes halogenated alkanes) is 5. The van der Waals surface area contributed by atoms with Gasteiger partial charge in [0.25, 0.3) is 5.91 Å². The number of amides is 1. The van der Waals surface area contributed by atoms with Gasteiger partial charge in [0, 0.05) is 24.0 Å². The molecule has 0 unspecified atom stereocenters. The summed E-state index contributed by atoms with van der Waals surface area (Å²) < 4.78 is 2.02. The van der Waals surface area contributed by atoms with E-state index in [2.05, 4.69) is 29.4 Å². The number of nitrogens with zero attached hydrogens (tertiary/aromatic N) is 2. The number of nitrogens with one attached hydrogen (secondary N) is 1. The summed E-state index contributed by atoms with van der Waals surface area (Å²) in [5.41, 5.74) is 3.00. The number of carbonyl (C=O) groups excluding carboxylic acids is 1. The molecule has 0 aliphatic rings. The van der Waals surface area contributed by atoms with Gasteiger partial charge in [-0.05, 0) is 13.3 Å². The average molecular weight is 370 g/mol. The van der Waals surface area contributed by atoms with Crippen LogP contribution in [0.25, 0.3) is 16.2 Å². The topological polar surface area (TPSA) is 46.4 Å². The molecule has 138 valence electrons. The molecule has 5 heteroatoms. The molecule has 1 aromatic carbocycles. The summed E-state index contributed by atoms with van der Waals surface area (Å²) in [7, 11) is 0. The molecule has 3 rings (SSSR count). The van der Waals surface area contributed by atoms with Crippen LogP contribution in [-0.2, 0) is 0 Å². The van der Waals surface area contributed by atoms with E-state index in [4.69, 9.17) is 0 Å². The highest BCUT2D eigenvalue weighted by molar-refractivity contribution is 7.19. The SMILES string of the molecule is CCCCCCCCNC(=O)c1sc2nc(-c3ccccc3)cn2c1C. The fraction of sp³-hybridized carbons (Fsp3) is 0.429. The Bertz CT molecular complexity index is 851. The van der Waals surface area contributed by atoms with Gasteiger partial charge in [-0.15, -0.1) is 0 Å². The first-order valence-electron chi connectivity index (χ1n) is 9.53. The van der Waals surface area contributed by atoms with Gasteiger partial charge in [-0.25, -0.2) is 4.98 Å². The van der Waals surface area contributed by atoms with E-state index in [1.165, 1.54) is 43.4 Å². The van der Waals surface area contributed by atoms with Crippen molar-refractivity contribution in [2.45, 2.75) is 52.4 Å². The minimum absolute atomic E-state index is 0.0211. The molecule has 0 spiro atoms. The quantitative estimate of drug-likeness (QED) is 0.509. The van der Waals surface area contributed by atoms with Crippen molar-refractivity contribution in [2.75, 3.05) is 6.54 Å². The summed E-state index contributed by atoms with van der Waals surface area (Å²) in [5.74, 6) is 0.0211. The number of hydrogen-bond acceptors (Lipinski definition) is 3. The largest absolute Gasteiger partial charge is 0.351 e. The molecule has 0 aliphatic heterocycles. The molecular weight excluding hydrogens is 342 g/mol. The van der Waals surface area contributed by atoms with E-state index < -0.39 is 0 Å². The van der Waals surface area contributed by atoms with Gasteiger partial charge in [-0.1, -0.05) is 80.7 Å². The molecule has 2 aromatic heterocycles. The number of thiazole rings is 1. The Labute approximate surface area is 159 Å². The zero-order chi connectivity index (χ0) is 18.4. The lowest BCUT2D eigenvalue weighted by atomic mass is 10.1. The standard InChI is InChI=1S/C21H27N3OS/c1-3-4-5-6-7-11-14-22-20(25)19-16(2)24-15-18(23-21(24)26-19)17-12-9-8-10-13-17/h8-10,12-13,15H,3-7,11,14H2,1-2H3,(H,22,25). The van der Waals surface area contributed by atoms with Gasteiger partial charge in [-0.3, -0.25) is 9.20 Å². The first-order chi connectivity index (χ1) is 12.7. The predicted molar refractivity (Wildman–Crippen MR) is 109 cm³/mol. The Hall–Kier alpha value is -2.14. The van der Waals surface area contributed by atoms with E-state index in [1.54, 1.807) is 0 Å². The molecule has 1 N–H and O–H groups in total. The van der Waals surface area contributed by atoms with Crippen LogP contribution in [0.15, 0.2) is 36.5 Å². The molecule has 0 aliphatic carbocycles. The zero-order valence-electron chi connectivity index (χ0n) is 15.6. The van der Waals surface area contributed by atoms with E-state index in [9.17, 15) is 4.79 Å². The van der Waals surface area contributed by atoms with E-state index in [-0.39, 0.29) is 5.91 Å². The lowest BCUT2D eigenvalue weighted by Crippen LogP contribution is -2.24. The van der Waals surface area contributed by atoms with Gasteiger partial charge >= 0.3 is 0 Å². The van der Waals surface area contributed by atoms with Crippen molar-refractivity contribution in [3.63, 3.8) is 0 Å². The smallest absolute Gasteiger partial charge is 0.263 e. The first kappa shape index (κ1) is 18.6. The van der Waals surface area contributed by atoms with Crippen LogP contribution < -0.4 is 5.32 Å². The summed E-state index contributed by atoms with van der Waals surface area (Å²) in [4.78, 5) is 18.8. The van der Waals surface area contributed by atoms with Crippen molar-refractivity contribution < 1.29 is 4.79 Å². The Morgan fingerprint density at radius 3 is 2.58 bits per heavy atom. The Morgan fingerprint density at radius 2 is 1.85 bits per heavy atom. The summed E-state index contributed by atoms with van der Waals surface area (Å²) in [6, 6.07) is 10.1. The molecule has 1 amide bonds. The predicted octanol–water partition coefficient (Wildman–Crippen LogP) is 5.46. The van der Waals surface area contributed by atoms with Crippen molar-refractivity contribution in [2.24, 2.45) is 0 Å². The minimum Gasteiger partial charge on any atom is -0.351 e. The van der Waals surface area contributed by atoms with Gasteiger partial charge in [-0.2, -0.15) is 0 Å². The molecule has 0 saturated carbocycles. The second kappa shape index (κ2) is 8.99. The van der Waals surface area contributed by atoms with Gasteiger partial charge in [0.1, 0.15) is 4.88 Å². The lowest BCUT2D eigenvalue weighted by Gasteiger charge is -2.04. The van der Waals surface area contributed by atoms with Gasteiger partial charge < -0.3 is 5.32 Å². The van der Waals surface area contributed by atoms with Crippen LogP contribution in [-0.4, -0.2) is 21.8 Å². The fourth-order valence-corrected chi connectivity index (χ4v) is 4.12. The Balaban J connectivity index is 1.59. The molecule has 0 saturated heterocycles. The van der Waals surface area contributed by atoms with Gasteiger partial charge in [0.05, 0.1) is 5.69 Å². The van der Waals surface area contributed by atoms with E-state index in [1.807, 2.05) is 35.7 Å². The Kier molecular flexibility index (Phi) is 6.45. The molecule has 4 nitrogen and oxygen atoms in total. The number of imidazole rings is 1. The van der Waals surface area contributed by atoms with Crippen LogP contribution in [0, 0.1) is 6.92 Å². The highest BCUT2D eigenvalue weighted by Gasteiger charge is 2.17. The molecule has 2 heterocycles. The molecule has 0 bridgehead atoms. The highest BCUT2D eigenvalue weighted by atomic mass is 32.1. The monoisotopic (exact) mass is 369 g/mol. The number of fused-ring (bicyclic) bond motifs is 1. The molecule has 3 aromatic rings. The number of benzene rings is 1. The van der Waals surface area contributed by atoms with Crippen LogP contribution in [0.2, 0.25) is 0 Å². The summed E-state index contributed by atoms with van der Waals surface area (Å²) >= 11 is 1.46. The maximum Gasteiger partial charge on any atom is 0.263 e. The first-order valence-corrected chi connectivity index (χ1v) is 10.3. The summed E-state index contributed by atoms with van der Waals surface area (Å²) in [6.45, 7) is 4.96. The molecule has 0 radical (unpaired) electrons. The third-order valence-electron chi connectivity index (χ3n) is 4.65. The maximum absolute atomic E-state index is 12.5. The number of carbonyl (C=O) groups is 1. The molecule has 26 heavy (non-hydrogen) atoms. The van der Waals surface area contributed by atoms with Gasteiger partial charge in [0.2, 0.25) is 0 Å². The number of rotatable bonds is 9. The van der Waals surface area contributed by atoms with Crippen LogP contribution >= 0.6 is 11.3 Å². The van der Waals surface area contributed by atoms with Crippen LogP contribution in [0.5, 0.6) is 0 Å². The summed E-state index contributed by atoms with van der Waals surface area (Å²) in [5, 5.41) is 3.06. The van der Waals surface area contributed by atoms with Crippen molar-refractivity contribution in [3.8, 4) is 11.3 Å². The third kappa shape index (κ3) is 4.33. The van der Waals surface area contributed by atoms with E-state index in [0.29, 0.717) is 0 Å². The minimum atomic E-state index is 0.0211. The average Bonchev–Trinajstić information content (AvgIpc) is 3.21. The Morgan fingerprint density at radius 1 is 1.12 bits per heavy atom. The summed E-state index contributed by atoms with van der Waals surface area (Å²) in [6.07, 6.45) is 9.39. The molecule has 0 atom stereocenters. The number of hydrogen-bond donors (Lipinski definition) is 1. The lowest BCUT2D eigenvalue weighted by molar-refractivity contribution is 0.0956. The second-order valence-corrected chi connectivity index (χ2v) is 7.66. The molecule has 0 fully saturated rings. The zero-order valence-corrected chi connectivity index (χ0v) is 16.4. The second-order valence-electron chi connectivity index (χ2n) is 6.69. The van der Waals surface area contributed by atoms with Crippen molar-refractivity contribution in [1.29, 1.82) is 0 Å². The van der Waals surface area contributed by atoms with Crippen molar-refractivity contribution in [1.82, 2.24) is 14.7 Å². The number of aryl methyl sites for hydroxylation is 1. The van der Waals surface area contributed by atoms with Crippen LogP contribution in [0.4, 0.5) is 0 Å². The third-order valence-corrected chi connectivity index (χ3v) is 5.80. The highest BCUT2D eigenvalue weighted by Crippen LogP contribution is 2.27. The van der Waals surface area contributed by atoms with Crippen LogP contribution in [0.3, 0.4) is 0 Å². The molecular formula is C21H27N3OS. The van der Waals surface area contributed by atoms with Gasteiger partial charge in [0.15, 0.2) is 4.96 Å². The fourth-order valence-electron chi connectivity index (χ4n) is 3.10. The van der Waals surface area contributed by atoms with Crippen LogP contribution in [0.1, 0.15) is 60.8 Å².